The second-order valence-electron chi connectivity index (χ2n) is 5.41. The lowest BCUT2D eigenvalue weighted by atomic mass is 10.1. The molecule has 0 heterocycles. The number of fused-ring (bicyclic) bond motifs is 1. The summed E-state index contributed by atoms with van der Waals surface area (Å²) in [7, 11) is 0. The van der Waals surface area contributed by atoms with Crippen LogP contribution in [0.5, 0.6) is 0 Å². The van der Waals surface area contributed by atoms with Crippen molar-refractivity contribution in [3.63, 3.8) is 0 Å². The van der Waals surface area contributed by atoms with Crippen molar-refractivity contribution in [2.24, 2.45) is 0 Å². The van der Waals surface area contributed by atoms with Crippen molar-refractivity contribution in [3.8, 4) is 0 Å². The van der Waals surface area contributed by atoms with Gasteiger partial charge in [-0.05, 0) is 36.5 Å². The van der Waals surface area contributed by atoms with Gasteiger partial charge in [-0.2, -0.15) is 0 Å². The molecule has 3 nitrogen and oxygen atoms in total. The molecule has 0 radical (unpaired) electrons. The molecule has 0 aromatic heterocycles. The number of hydrogen-bond donors (Lipinski definition) is 1. The van der Waals surface area contributed by atoms with E-state index in [0.717, 1.165) is 35.7 Å². The SMILES string of the molecule is O=CN(C(=S)Nc1cccc2ccccc12)C1CCCC1. The number of nitrogens with one attached hydrogen (secondary N) is 1. The average molecular weight is 298 g/mol. The second-order valence-corrected chi connectivity index (χ2v) is 5.79. The van der Waals surface area contributed by atoms with Crippen molar-refractivity contribution in [1.29, 1.82) is 0 Å². The van der Waals surface area contributed by atoms with E-state index >= 15 is 0 Å². The summed E-state index contributed by atoms with van der Waals surface area (Å²) in [6.45, 7) is 0. The van der Waals surface area contributed by atoms with E-state index < -0.39 is 0 Å². The van der Waals surface area contributed by atoms with Gasteiger partial charge < -0.3 is 5.32 Å². The number of anilines is 1. The van der Waals surface area contributed by atoms with Crippen LogP contribution in [-0.4, -0.2) is 22.5 Å². The molecule has 1 saturated carbocycles. The molecule has 1 fully saturated rings. The zero-order valence-corrected chi connectivity index (χ0v) is 12.6. The maximum absolute atomic E-state index is 11.4. The first-order chi connectivity index (χ1) is 10.3. The molecule has 0 atom stereocenters. The van der Waals surface area contributed by atoms with Crippen LogP contribution in [0.1, 0.15) is 25.7 Å². The Morgan fingerprint density at radius 1 is 1.14 bits per heavy atom. The van der Waals surface area contributed by atoms with Crippen LogP contribution in [0.4, 0.5) is 5.69 Å². The molecule has 0 aliphatic heterocycles. The fraction of sp³-hybridized carbons (Fsp3) is 0.294. The molecule has 3 rings (SSSR count). The Hall–Kier alpha value is -1.94. The van der Waals surface area contributed by atoms with Crippen LogP contribution in [0, 0.1) is 0 Å². The standard InChI is InChI=1S/C17H18N2OS/c20-12-19(14-8-2-3-9-14)17(21)18-16-11-5-7-13-6-1-4-10-15(13)16/h1,4-7,10-12,14H,2-3,8-9H2,(H,18,21). The number of amides is 1. The van der Waals surface area contributed by atoms with E-state index in [2.05, 4.69) is 23.5 Å². The largest absolute Gasteiger partial charge is 0.332 e. The van der Waals surface area contributed by atoms with Crippen LogP contribution in [0.25, 0.3) is 10.8 Å². The van der Waals surface area contributed by atoms with Gasteiger partial charge in [-0.15, -0.1) is 0 Å². The van der Waals surface area contributed by atoms with E-state index in [-0.39, 0.29) is 6.04 Å². The summed E-state index contributed by atoms with van der Waals surface area (Å²) >= 11 is 5.44. The van der Waals surface area contributed by atoms with Gasteiger partial charge in [0.2, 0.25) is 6.41 Å². The monoisotopic (exact) mass is 298 g/mol. The summed E-state index contributed by atoms with van der Waals surface area (Å²) in [4.78, 5) is 13.1. The molecule has 0 saturated heterocycles. The van der Waals surface area contributed by atoms with Crippen LogP contribution in [0.2, 0.25) is 0 Å². The molecular weight excluding hydrogens is 280 g/mol. The molecule has 4 heteroatoms. The van der Waals surface area contributed by atoms with Gasteiger partial charge in [-0.25, -0.2) is 0 Å². The minimum absolute atomic E-state index is 0.248. The molecule has 1 N–H and O–H groups in total. The summed E-state index contributed by atoms with van der Waals surface area (Å²) in [5, 5.41) is 6.00. The van der Waals surface area contributed by atoms with Crippen LogP contribution in [-0.2, 0) is 4.79 Å². The van der Waals surface area contributed by atoms with E-state index in [1.54, 1.807) is 4.90 Å². The Kier molecular flexibility index (Phi) is 4.15. The average Bonchev–Trinajstić information content (AvgIpc) is 3.02. The summed E-state index contributed by atoms with van der Waals surface area (Å²) < 4.78 is 0. The van der Waals surface area contributed by atoms with Gasteiger partial charge in [0.05, 0.1) is 0 Å². The van der Waals surface area contributed by atoms with Crippen molar-refractivity contribution < 1.29 is 4.79 Å². The van der Waals surface area contributed by atoms with Crippen LogP contribution >= 0.6 is 12.2 Å². The molecule has 2 aromatic rings. The van der Waals surface area contributed by atoms with E-state index in [1.807, 2.05) is 24.3 Å². The van der Waals surface area contributed by atoms with Gasteiger partial charge >= 0.3 is 0 Å². The lowest BCUT2D eigenvalue weighted by molar-refractivity contribution is -0.116. The zero-order valence-electron chi connectivity index (χ0n) is 11.8. The molecule has 0 unspecified atom stereocenters. The lowest BCUT2D eigenvalue weighted by Gasteiger charge is -2.25. The maximum Gasteiger partial charge on any atom is 0.216 e. The number of benzene rings is 2. The van der Waals surface area contributed by atoms with Crippen LogP contribution in [0.3, 0.4) is 0 Å². The Labute approximate surface area is 129 Å². The number of rotatable bonds is 3. The highest BCUT2D eigenvalue weighted by Gasteiger charge is 2.24. The fourth-order valence-corrected chi connectivity index (χ4v) is 3.30. The molecule has 1 aliphatic carbocycles. The molecule has 0 bridgehead atoms. The Morgan fingerprint density at radius 2 is 1.86 bits per heavy atom. The number of carbonyl (C=O) groups is 1. The van der Waals surface area contributed by atoms with Crippen molar-refractivity contribution in [1.82, 2.24) is 4.90 Å². The van der Waals surface area contributed by atoms with Crippen LogP contribution in [0.15, 0.2) is 42.5 Å². The topological polar surface area (TPSA) is 32.3 Å². The van der Waals surface area contributed by atoms with Crippen molar-refractivity contribution in [2.75, 3.05) is 5.32 Å². The first kappa shape index (κ1) is 14.0. The minimum atomic E-state index is 0.248. The quantitative estimate of drug-likeness (QED) is 0.688. The summed E-state index contributed by atoms with van der Waals surface area (Å²) in [6, 6.07) is 14.4. The van der Waals surface area contributed by atoms with Gasteiger partial charge in [0, 0.05) is 17.1 Å². The first-order valence-corrected chi connectivity index (χ1v) is 7.73. The molecular formula is C17H18N2OS. The van der Waals surface area contributed by atoms with Gasteiger partial charge in [-0.3, -0.25) is 9.69 Å². The molecule has 21 heavy (non-hydrogen) atoms. The number of thiocarbonyl (C=S) groups is 1. The predicted molar refractivity (Wildman–Crippen MR) is 90.3 cm³/mol. The first-order valence-electron chi connectivity index (χ1n) is 7.32. The maximum atomic E-state index is 11.4. The molecule has 108 valence electrons. The van der Waals surface area contributed by atoms with Gasteiger partial charge in [-0.1, -0.05) is 49.2 Å². The summed E-state index contributed by atoms with van der Waals surface area (Å²) in [5.41, 5.74) is 0.947. The molecule has 1 amide bonds. The fourth-order valence-electron chi connectivity index (χ4n) is 3.00. The predicted octanol–water partition coefficient (Wildman–Crippen LogP) is 3.94. The van der Waals surface area contributed by atoms with Gasteiger partial charge in [0.1, 0.15) is 0 Å². The third-order valence-corrected chi connectivity index (χ3v) is 4.41. The van der Waals surface area contributed by atoms with Crippen molar-refractivity contribution in [2.45, 2.75) is 31.7 Å². The van der Waals surface area contributed by atoms with E-state index in [0.29, 0.717) is 5.11 Å². The Bertz CT molecular complexity index is 659. The molecule has 2 aromatic carbocycles. The van der Waals surface area contributed by atoms with Crippen LogP contribution < -0.4 is 5.32 Å². The zero-order chi connectivity index (χ0) is 14.7. The lowest BCUT2D eigenvalue weighted by Crippen LogP contribution is -2.40. The van der Waals surface area contributed by atoms with E-state index in [9.17, 15) is 4.79 Å². The van der Waals surface area contributed by atoms with E-state index in [4.69, 9.17) is 12.2 Å². The summed E-state index contributed by atoms with van der Waals surface area (Å²) in [5.74, 6) is 0. The van der Waals surface area contributed by atoms with E-state index in [1.165, 1.54) is 12.8 Å². The number of hydrogen-bond acceptors (Lipinski definition) is 2. The highest BCUT2D eigenvalue weighted by Crippen LogP contribution is 2.26. The third kappa shape index (κ3) is 2.90. The highest BCUT2D eigenvalue weighted by molar-refractivity contribution is 7.80. The Morgan fingerprint density at radius 3 is 2.62 bits per heavy atom. The Balaban J connectivity index is 1.83. The molecule has 1 aliphatic rings. The smallest absolute Gasteiger partial charge is 0.216 e. The second kappa shape index (κ2) is 6.22. The third-order valence-electron chi connectivity index (χ3n) is 4.10. The van der Waals surface area contributed by atoms with Crippen molar-refractivity contribution >= 4 is 40.2 Å². The molecule has 0 spiro atoms. The van der Waals surface area contributed by atoms with Gasteiger partial charge in [0.25, 0.3) is 0 Å². The summed E-state index contributed by atoms with van der Waals surface area (Å²) in [6.07, 6.45) is 5.28. The number of carbonyl (C=O) groups excluding carboxylic acids is 1. The van der Waals surface area contributed by atoms with Gasteiger partial charge in [0.15, 0.2) is 5.11 Å². The van der Waals surface area contributed by atoms with Crippen molar-refractivity contribution in [3.05, 3.63) is 42.5 Å². The highest BCUT2D eigenvalue weighted by atomic mass is 32.1. The number of nitrogens with zero attached hydrogens (tertiary/aromatic N) is 1. The normalized spacial score (nSPS) is 15.0. The minimum Gasteiger partial charge on any atom is -0.332 e.